The topological polar surface area (TPSA) is 67.9 Å². The lowest BCUT2D eigenvalue weighted by Gasteiger charge is -2.30. The Morgan fingerprint density at radius 3 is 2.32 bits per heavy atom. The Morgan fingerprint density at radius 1 is 1.00 bits per heavy atom. The summed E-state index contributed by atoms with van der Waals surface area (Å²) in [6.45, 7) is 2.14. The minimum absolute atomic E-state index is 0.0953. The fraction of sp³-hybridized carbons (Fsp3) is 0.440. The van der Waals surface area contributed by atoms with Gasteiger partial charge in [0.05, 0.1) is 20.6 Å². The quantitative estimate of drug-likeness (QED) is 0.666. The van der Waals surface area contributed by atoms with E-state index in [-0.39, 0.29) is 24.3 Å². The molecular formula is C25H32N2O4. The Balaban J connectivity index is 1.77. The molecule has 1 atom stereocenters. The van der Waals surface area contributed by atoms with Crippen LogP contribution in [-0.4, -0.2) is 43.0 Å². The van der Waals surface area contributed by atoms with Crippen LogP contribution in [0.15, 0.2) is 48.5 Å². The van der Waals surface area contributed by atoms with Gasteiger partial charge in [-0.15, -0.1) is 0 Å². The predicted octanol–water partition coefficient (Wildman–Crippen LogP) is 3.72. The SMILES string of the molecule is COc1ccc(CC(=O)N(Cc2cccc(OC)c2)C(C)C(=O)NC2CCCC2)cc1. The summed E-state index contributed by atoms with van der Waals surface area (Å²) in [7, 11) is 3.23. The molecule has 0 radical (unpaired) electrons. The van der Waals surface area contributed by atoms with Gasteiger partial charge in [0.25, 0.3) is 0 Å². The summed E-state index contributed by atoms with van der Waals surface area (Å²) < 4.78 is 10.5. The molecule has 166 valence electrons. The van der Waals surface area contributed by atoms with Crippen molar-refractivity contribution in [1.82, 2.24) is 10.2 Å². The molecule has 0 aliphatic heterocycles. The highest BCUT2D eigenvalue weighted by Crippen LogP contribution is 2.20. The van der Waals surface area contributed by atoms with Crippen molar-refractivity contribution in [2.45, 2.75) is 57.7 Å². The van der Waals surface area contributed by atoms with Crippen LogP contribution >= 0.6 is 0 Å². The zero-order valence-corrected chi connectivity index (χ0v) is 18.6. The molecule has 31 heavy (non-hydrogen) atoms. The maximum absolute atomic E-state index is 13.3. The van der Waals surface area contributed by atoms with E-state index in [9.17, 15) is 9.59 Å². The molecule has 2 amide bonds. The van der Waals surface area contributed by atoms with Gasteiger partial charge in [0.1, 0.15) is 17.5 Å². The number of hydrogen-bond donors (Lipinski definition) is 1. The summed E-state index contributed by atoms with van der Waals surface area (Å²) in [5, 5.41) is 3.13. The Morgan fingerprint density at radius 2 is 1.68 bits per heavy atom. The second-order valence-corrected chi connectivity index (χ2v) is 8.06. The molecule has 6 heteroatoms. The van der Waals surface area contributed by atoms with E-state index in [1.54, 1.807) is 26.0 Å². The molecular weight excluding hydrogens is 392 g/mol. The highest BCUT2D eigenvalue weighted by molar-refractivity contribution is 5.88. The molecule has 3 rings (SSSR count). The van der Waals surface area contributed by atoms with Crippen LogP contribution in [0.1, 0.15) is 43.7 Å². The molecule has 0 saturated heterocycles. The summed E-state index contributed by atoms with van der Waals surface area (Å²) in [4.78, 5) is 27.9. The lowest BCUT2D eigenvalue weighted by atomic mass is 10.1. The third-order valence-electron chi connectivity index (χ3n) is 5.87. The summed E-state index contributed by atoms with van der Waals surface area (Å²) in [6.07, 6.45) is 4.52. The number of carbonyl (C=O) groups excluding carboxylic acids is 2. The molecule has 6 nitrogen and oxygen atoms in total. The van der Waals surface area contributed by atoms with Gasteiger partial charge in [0, 0.05) is 12.6 Å². The van der Waals surface area contributed by atoms with Gasteiger partial charge in [-0.05, 0) is 55.2 Å². The first kappa shape index (κ1) is 22.7. The molecule has 1 N–H and O–H groups in total. The van der Waals surface area contributed by atoms with Gasteiger partial charge in [0.15, 0.2) is 0 Å². The molecule has 1 saturated carbocycles. The number of ether oxygens (including phenoxy) is 2. The van der Waals surface area contributed by atoms with E-state index in [0.29, 0.717) is 6.54 Å². The molecule has 0 heterocycles. The monoisotopic (exact) mass is 424 g/mol. The zero-order valence-electron chi connectivity index (χ0n) is 18.6. The van der Waals surface area contributed by atoms with E-state index < -0.39 is 6.04 Å². The van der Waals surface area contributed by atoms with Gasteiger partial charge >= 0.3 is 0 Å². The summed E-state index contributed by atoms with van der Waals surface area (Å²) in [6, 6.07) is 14.7. The van der Waals surface area contributed by atoms with Gasteiger partial charge < -0.3 is 19.7 Å². The third-order valence-corrected chi connectivity index (χ3v) is 5.87. The molecule has 2 aromatic carbocycles. The summed E-state index contributed by atoms with van der Waals surface area (Å²) in [5.74, 6) is 1.27. The van der Waals surface area contributed by atoms with Crippen LogP contribution in [0, 0.1) is 0 Å². The van der Waals surface area contributed by atoms with E-state index in [0.717, 1.165) is 48.3 Å². The number of amides is 2. The first-order valence-corrected chi connectivity index (χ1v) is 10.9. The second-order valence-electron chi connectivity index (χ2n) is 8.06. The fourth-order valence-electron chi connectivity index (χ4n) is 3.96. The van der Waals surface area contributed by atoms with Crippen LogP contribution in [0.3, 0.4) is 0 Å². The van der Waals surface area contributed by atoms with E-state index in [2.05, 4.69) is 5.32 Å². The maximum Gasteiger partial charge on any atom is 0.242 e. The van der Waals surface area contributed by atoms with Crippen LogP contribution in [-0.2, 0) is 22.6 Å². The summed E-state index contributed by atoms with van der Waals surface area (Å²) >= 11 is 0. The molecule has 0 aromatic heterocycles. The second kappa shape index (κ2) is 10.8. The van der Waals surface area contributed by atoms with Crippen LogP contribution in [0.5, 0.6) is 11.5 Å². The Kier molecular flexibility index (Phi) is 7.93. The smallest absolute Gasteiger partial charge is 0.242 e. The number of nitrogens with one attached hydrogen (secondary N) is 1. The predicted molar refractivity (Wildman–Crippen MR) is 120 cm³/mol. The van der Waals surface area contributed by atoms with Gasteiger partial charge in [-0.3, -0.25) is 9.59 Å². The number of rotatable bonds is 9. The Hall–Kier alpha value is -3.02. The molecule has 1 aliphatic carbocycles. The van der Waals surface area contributed by atoms with Gasteiger partial charge in [-0.25, -0.2) is 0 Å². The molecule has 1 fully saturated rings. The van der Waals surface area contributed by atoms with Crippen LogP contribution < -0.4 is 14.8 Å². The third kappa shape index (κ3) is 6.23. The molecule has 0 bridgehead atoms. The Labute approximate surface area is 184 Å². The van der Waals surface area contributed by atoms with Crippen molar-refractivity contribution in [2.24, 2.45) is 0 Å². The van der Waals surface area contributed by atoms with Gasteiger partial charge in [-0.1, -0.05) is 37.1 Å². The molecule has 0 spiro atoms. The molecule has 2 aromatic rings. The van der Waals surface area contributed by atoms with E-state index in [1.165, 1.54) is 0 Å². The number of benzene rings is 2. The van der Waals surface area contributed by atoms with Gasteiger partial charge in [0.2, 0.25) is 11.8 Å². The maximum atomic E-state index is 13.3. The number of carbonyl (C=O) groups is 2. The zero-order chi connectivity index (χ0) is 22.2. The van der Waals surface area contributed by atoms with Crippen molar-refractivity contribution >= 4 is 11.8 Å². The largest absolute Gasteiger partial charge is 0.497 e. The average Bonchev–Trinajstić information content (AvgIpc) is 3.30. The number of nitrogens with zero attached hydrogens (tertiary/aromatic N) is 1. The van der Waals surface area contributed by atoms with Gasteiger partial charge in [-0.2, -0.15) is 0 Å². The van der Waals surface area contributed by atoms with Crippen LogP contribution in [0.4, 0.5) is 0 Å². The first-order valence-electron chi connectivity index (χ1n) is 10.9. The van der Waals surface area contributed by atoms with Crippen molar-refractivity contribution in [3.05, 3.63) is 59.7 Å². The van der Waals surface area contributed by atoms with Crippen molar-refractivity contribution in [1.29, 1.82) is 0 Å². The molecule has 1 unspecified atom stereocenters. The van der Waals surface area contributed by atoms with Crippen molar-refractivity contribution in [3.8, 4) is 11.5 Å². The average molecular weight is 425 g/mol. The lowest BCUT2D eigenvalue weighted by Crippen LogP contribution is -2.50. The highest BCUT2D eigenvalue weighted by Gasteiger charge is 2.28. The standard InChI is InChI=1S/C25H32N2O4/c1-18(25(29)26-21-8-4-5-9-21)27(17-20-7-6-10-23(15-20)31-3)24(28)16-19-11-13-22(30-2)14-12-19/h6-7,10-15,18,21H,4-5,8-9,16-17H2,1-3H3,(H,26,29). The number of hydrogen-bond acceptors (Lipinski definition) is 4. The van der Waals surface area contributed by atoms with Crippen molar-refractivity contribution < 1.29 is 19.1 Å². The lowest BCUT2D eigenvalue weighted by molar-refractivity contribution is -0.140. The minimum atomic E-state index is -0.572. The summed E-state index contributed by atoms with van der Waals surface area (Å²) in [5.41, 5.74) is 1.80. The van der Waals surface area contributed by atoms with E-state index in [4.69, 9.17) is 9.47 Å². The highest BCUT2D eigenvalue weighted by atomic mass is 16.5. The Bertz CT molecular complexity index is 875. The fourth-order valence-corrected chi connectivity index (χ4v) is 3.96. The van der Waals surface area contributed by atoms with Crippen LogP contribution in [0.25, 0.3) is 0 Å². The first-order chi connectivity index (χ1) is 15.0. The molecule has 1 aliphatic rings. The van der Waals surface area contributed by atoms with E-state index >= 15 is 0 Å². The normalized spacial score (nSPS) is 14.7. The van der Waals surface area contributed by atoms with Crippen LogP contribution in [0.2, 0.25) is 0 Å². The minimum Gasteiger partial charge on any atom is -0.497 e. The van der Waals surface area contributed by atoms with Crippen molar-refractivity contribution in [3.63, 3.8) is 0 Å². The van der Waals surface area contributed by atoms with E-state index in [1.807, 2.05) is 48.5 Å². The van der Waals surface area contributed by atoms with Crippen molar-refractivity contribution in [2.75, 3.05) is 14.2 Å². The number of methoxy groups -OCH3 is 2.